The number of nitrogens with zero attached hydrogens (tertiary/aromatic N) is 2. The highest BCUT2D eigenvalue weighted by molar-refractivity contribution is 7.09. The average molecular weight is 556 g/mol. The molecule has 0 aliphatic carbocycles. The van der Waals surface area contributed by atoms with Gasteiger partial charge in [0.2, 0.25) is 12.7 Å². The first kappa shape index (κ1) is 26.4. The quantitative estimate of drug-likeness (QED) is 0.363. The molecule has 0 bridgehead atoms. The van der Waals surface area contributed by atoms with E-state index in [1.165, 1.54) is 29.2 Å². The zero-order valence-electron chi connectivity index (χ0n) is 20.7. The maximum absolute atomic E-state index is 14.0. The van der Waals surface area contributed by atoms with Crippen molar-refractivity contribution in [2.24, 2.45) is 5.73 Å². The van der Waals surface area contributed by atoms with Crippen molar-refractivity contribution in [1.82, 2.24) is 14.6 Å². The highest BCUT2D eigenvalue weighted by Gasteiger charge is 2.35. The number of primary amides is 1. The van der Waals surface area contributed by atoms with Crippen LogP contribution in [0.1, 0.15) is 50.2 Å². The zero-order valence-corrected chi connectivity index (χ0v) is 21.5. The lowest BCUT2D eigenvalue weighted by Crippen LogP contribution is -2.45. The molecule has 1 fully saturated rings. The Hall–Kier alpha value is -4.23. The minimum Gasteiger partial charge on any atom is -0.454 e. The summed E-state index contributed by atoms with van der Waals surface area (Å²) >= 11 is 0.709. The lowest BCUT2D eigenvalue weighted by atomic mass is 10.0. The van der Waals surface area contributed by atoms with E-state index >= 15 is 0 Å². The molecule has 39 heavy (non-hydrogen) atoms. The van der Waals surface area contributed by atoms with Gasteiger partial charge < -0.3 is 35.9 Å². The van der Waals surface area contributed by atoms with Gasteiger partial charge >= 0.3 is 0 Å². The van der Waals surface area contributed by atoms with Gasteiger partial charge in [-0.15, -0.1) is 0 Å². The molecule has 1 saturated heterocycles. The van der Waals surface area contributed by atoms with Crippen LogP contribution in [0, 0.1) is 5.82 Å². The summed E-state index contributed by atoms with van der Waals surface area (Å²) in [6.45, 7) is 0.868. The lowest BCUT2D eigenvalue weighted by Gasteiger charge is -2.31. The highest BCUT2D eigenvalue weighted by Crippen LogP contribution is 2.35. The Morgan fingerprint density at radius 3 is 2.62 bits per heavy atom. The first-order chi connectivity index (χ1) is 18.8. The van der Waals surface area contributed by atoms with Crippen molar-refractivity contribution in [3.8, 4) is 11.5 Å². The molecule has 5 rings (SSSR count). The standard InChI is InChI=1S/C26H26FN5O6S/c27-16-6-4-15(5-7-16)22(25(34)30-11-17-2-1-9-36-17)32(12-14-3-8-18-19(10-14)38-13-37-18)26(35)23-20(28)21(24(29)33)31-39-23/h3-8,10,17,22H,1-2,9,11-13,28H2,(H2,29,33)(H,30,34). The molecular formula is C26H26FN5O6S. The van der Waals surface area contributed by atoms with Crippen LogP contribution >= 0.6 is 11.5 Å². The molecule has 5 N–H and O–H groups in total. The summed E-state index contributed by atoms with van der Waals surface area (Å²) in [5.41, 5.74) is 12.0. The van der Waals surface area contributed by atoms with Gasteiger partial charge in [-0.2, -0.15) is 4.37 Å². The average Bonchev–Trinajstić information content (AvgIpc) is 3.68. The highest BCUT2D eigenvalue weighted by atomic mass is 32.1. The Morgan fingerprint density at radius 2 is 1.92 bits per heavy atom. The third-order valence-electron chi connectivity index (χ3n) is 6.48. The number of nitrogens with one attached hydrogen (secondary N) is 1. The number of carbonyl (C=O) groups is 3. The van der Waals surface area contributed by atoms with Gasteiger partial charge in [0.25, 0.3) is 11.8 Å². The predicted molar refractivity (Wildman–Crippen MR) is 139 cm³/mol. The van der Waals surface area contributed by atoms with E-state index in [-0.39, 0.29) is 42.2 Å². The predicted octanol–water partition coefficient (Wildman–Crippen LogP) is 2.37. The molecule has 11 nitrogen and oxygen atoms in total. The fourth-order valence-electron chi connectivity index (χ4n) is 4.51. The number of hydrogen-bond donors (Lipinski definition) is 3. The van der Waals surface area contributed by atoms with Gasteiger partial charge in [0.05, 0.1) is 11.8 Å². The number of carbonyl (C=O) groups excluding carboxylic acids is 3. The molecule has 2 atom stereocenters. The largest absolute Gasteiger partial charge is 0.454 e. The minimum absolute atomic E-state index is 0.0522. The molecule has 3 amide bonds. The second-order valence-corrected chi connectivity index (χ2v) is 9.87. The summed E-state index contributed by atoms with van der Waals surface area (Å²) in [5.74, 6) is -1.48. The van der Waals surface area contributed by atoms with E-state index in [1.54, 1.807) is 18.2 Å². The molecule has 3 heterocycles. The third kappa shape index (κ3) is 5.64. The summed E-state index contributed by atoms with van der Waals surface area (Å²) < 4.78 is 34.3. The smallest absolute Gasteiger partial charge is 0.270 e. The van der Waals surface area contributed by atoms with Crippen molar-refractivity contribution in [1.29, 1.82) is 0 Å². The molecule has 1 aromatic heterocycles. The number of anilines is 1. The first-order valence-corrected chi connectivity index (χ1v) is 13.0. The van der Waals surface area contributed by atoms with Crippen molar-refractivity contribution in [3.63, 3.8) is 0 Å². The lowest BCUT2D eigenvalue weighted by molar-refractivity contribution is -0.126. The normalized spacial score (nSPS) is 16.6. The van der Waals surface area contributed by atoms with Crippen LogP contribution in [-0.4, -0.2) is 53.0 Å². The summed E-state index contributed by atoms with van der Waals surface area (Å²) in [4.78, 5) is 40.7. The molecule has 0 saturated carbocycles. The SMILES string of the molecule is NC(=O)c1nsc(C(=O)N(Cc2ccc3c(c2)OCO3)C(C(=O)NCC2CCCO2)c2ccc(F)cc2)c1N. The molecule has 2 aliphatic heterocycles. The van der Waals surface area contributed by atoms with E-state index in [4.69, 9.17) is 25.7 Å². The van der Waals surface area contributed by atoms with E-state index in [2.05, 4.69) is 9.69 Å². The molecule has 13 heteroatoms. The first-order valence-electron chi connectivity index (χ1n) is 12.2. The van der Waals surface area contributed by atoms with Gasteiger partial charge in [-0.05, 0) is 59.8 Å². The van der Waals surface area contributed by atoms with Crippen molar-refractivity contribution in [3.05, 3.63) is 70.0 Å². The maximum atomic E-state index is 14.0. The Kier molecular flexibility index (Phi) is 7.61. The van der Waals surface area contributed by atoms with Crippen LogP contribution in [0.2, 0.25) is 0 Å². The summed E-state index contributed by atoms with van der Waals surface area (Å²) in [6, 6.07) is 9.27. The van der Waals surface area contributed by atoms with E-state index in [1.807, 2.05) is 0 Å². The Balaban J connectivity index is 1.54. The summed E-state index contributed by atoms with van der Waals surface area (Å²) in [6.07, 6.45) is 1.55. The van der Waals surface area contributed by atoms with Crippen molar-refractivity contribution in [2.45, 2.75) is 31.5 Å². The number of fused-ring (bicyclic) bond motifs is 1. The minimum atomic E-state index is -1.19. The van der Waals surface area contributed by atoms with Gasteiger partial charge in [0, 0.05) is 19.7 Å². The molecule has 2 aromatic carbocycles. The second-order valence-electron chi connectivity index (χ2n) is 9.09. The van der Waals surface area contributed by atoms with Crippen molar-refractivity contribution >= 4 is 34.9 Å². The van der Waals surface area contributed by atoms with E-state index in [0.717, 1.165) is 12.8 Å². The van der Waals surface area contributed by atoms with Crippen LogP contribution in [0.5, 0.6) is 11.5 Å². The summed E-state index contributed by atoms with van der Waals surface area (Å²) in [5, 5.41) is 2.88. The topological polar surface area (TPSA) is 159 Å². The molecule has 0 radical (unpaired) electrons. The number of rotatable bonds is 9. The van der Waals surface area contributed by atoms with Crippen molar-refractivity contribution < 1.29 is 33.0 Å². The number of ether oxygens (including phenoxy) is 3. The van der Waals surface area contributed by atoms with Crippen LogP contribution in [-0.2, 0) is 16.1 Å². The van der Waals surface area contributed by atoms with Crippen LogP contribution in [0.15, 0.2) is 42.5 Å². The Bertz CT molecular complexity index is 1390. The number of nitrogens with two attached hydrogens (primary N) is 2. The third-order valence-corrected chi connectivity index (χ3v) is 7.33. The summed E-state index contributed by atoms with van der Waals surface area (Å²) in [7, 11) is 0. The fraction of sp³-hybridized carbons (Fsp3) is 0.308. The zero-order chi connectivity index (χ0) is 27.5. The van der Waals surface area contributed by atoms with Crippen LogP contribution in [0.4, 0.5) is 10.1 Å². The molecule has 204 valence electrons. The molecular weight excluding hydrogens is 529 g/mol. The second kappa shape index (κ2) is 11.3. The molecule has 3 aromatic rings. The maximum Gasteiger partial charge on any atom is 0.270 e. The van der Waals surface area contributed by atoms with Gasteiger partial charge in [-0.1, -0.05) is 18.2 Å². The number of halogens is 1. The van der Waals surface area contributed by atoms with Gasteiger partial charge in [-0.25, -0.2) is 4.39 Å². The van der Waals surface area contributed by atoms with E-state index in [0.29, 0.717) is 40.8 Å². The van der Waals surface area contributed by atoms with Crippen molar-refractivity contribution in [2.75, 3.05) is 25.7 Å². The number of hydrogen-bond acceptors (Lipinski definition) is 9. The number of nitrogen functional groups attached to an aromatic ring is 1. The van der Waals surface area contributed by atoms with E-state index in [9.17, 15) is 18.8 Å². The monoisotopic (exact) mass is 555 g/mol. The number of amides is 3. The molecule has 2 aliphatic rings. The molecule has 2 unspecified atom stereocenters. The number of aromatic nitrogens is 1. The van der Waals surface area contributed by atoms with Gasteiger partial charge in [0.1, 0.15) is 16.7 Å². The van der Waals surface area contributed by atoms with Gasteiger partial charge in [0.15, 0.2) is 17.2 Å². The van der Waals surface area contributed by atoms with E-state index < -0.39 is 29.6 Å². The van der Waals surface area contributed by atoms with Crippen LogP contribution in [0.3, 0.4) is 0 Å². The van der Waals surface area contributed by atoms with Crippen LogP contribution < -0.4 is 26.3 Å². The number of benzene rings is 2. The Morgan fingerprint density at radius 1 is 1.15 bits per heavy atom. The van der Waals surface area contributed by atoms with Gasteiger partial charge in [-0.3, -0.25) is 14.4 Å². The Labute approximate surface area is 227 Å². The molecule has 0 spiro atoms. The fourth-order valence-corrected chi connectivity index (χ4v) is 5.27. The van der Waals surface area contributed by atoms with Crippen LogP contribution in [0.25, 0.3) is 0 Å².